The third kappa shape index (κ3) is 6.26. The molecule has 0 aliphatic carbocycles. The zero-order valence-corrected chi connectivity index (χ0v) is 17.1. The van der Waals surface area contributed by atoms with Crippen LogP contribution in [0.3, 0.4) is 0 Å². The lowest BCUT2D eigenvalue weighted by Crippen LogP contribution is -2.16. The molecule has 0 aromatic heterocycles. The van der Waals surface area contributed by atoms with Crippen LogP contribution in [-0.4, -0.2) is 25.1 Å². The predicted molar refractivity (Wildman–Crippen MR) is 117 cm³/mol. The average Bonchev–Trinajstić information content (AvgIpc) is 2.69. The predicted octanol–water partition coefficient (Wildman–Crippen LogP) is 4.11. The maximum atomic E-state index is 12.3. The van der Waals surface area contributed by atoms with Crippen LogP contribution in [0.15, 0.2) is 43.0 Å². The number of carbonyl (C=O) groups is 1. The summed E-state index contributed by atoms with van der Waals surface area (Å²) in [6.07, 6.45) is 0.812. The van der Waals surface area contributed by atoms with Gasteiger partial charge < -0.3 is 20.5 Å². The third-order valence-corrected chi connectivity index (χ3v) is 4.42. The van der Waals surface area contributed by atoms with Crippen LogP contribution < -0.4 is 15.8 Å². The minimum Gasteiger partial charge on any atom is -0.493 e. The fourth-order valence-electron chi connectivity index (χ4n) is 2.74. The number of anilines is 1. The largest absolute Gasteiger partial charge is 0.493 e. The van der Waals surface area contributed by atoms with Gasteiger partial charge in [0.15, 0.2) is 6.73 Å². The highest BCUT2D eigenvalue weighted by Crippen LogP contribution is 2.33. The number of hydrogen-bond acceptors (Lipinski definition) is 5. The lowest BCUT2D eigenvalue weighted by Gasteiger charge is -2.16. The maximum absolute atomic E-state index is 12.3. The summed E-state index contributed by atoms with van der Waals surface area (Å²) in [5.41, 5.74) is 9.15. The standard InChI is InChI=1S/C22H25ClN3O3/c1-4-15-10-17(21(28-5-2)19(11-15)14(3)23)12-20(27)29-13-26-18-8-6-16(7-9-18)22(24)25/h6-11,26H,2-5,12-13H2,1H3,(H3,24,25). The Morgan fingerprint density at radius 3 is 2.52 bits per heavy atom. The Labute approximate surface area is 176 Å². The number of hydrogen-bond donors (Lipinski definition) is 3. The second kappa shape index (κ2) is 10.5. The van der Waals surface area contributed by atoms with E-state index < -0.39 is 5.97 Å². The molecule has 153 valence electrons. The number of nitrogens with one attached hydrogen (secondary N) is 2. The summed E-state index contributed by atoms with van der Waals surface area (Å²) in [5.74, 6) is 0.0877. The summed E-state index contributed by atoms with van der Waals surface area (Å²) in [5, 5.41) is 10.7. The molecule has 4 N–H and O–H groups in total. The Bertz CT molecular complexity index is 895. The van der Waals surface area contributed by atoms with Gasteiger partial charge in [-0.1, -0.05) is 31.2 Å². The van der Waals surface area contributed by atoms with Crippen LogP contribution in [-0.2, 0) is 22.4 Å². The number of amidine groups is 1. The monoisotopic (exact) mass is 414 g/mol. The molecule has 0 aliphatic rings. The number of rotatable bonds is 10. The van der Waals surface area contributed by atoms with Crippen molar-refractivity contribution >= 4 is 34.1 Å². The number of esters is 1. The first-order chi connectivity index (χ1) is 13.8. The molecule has 7 heteroatoms. The summed E-state index contributed by atoms with van der Waals surface area (Å²) in [6, 6.07) is 10.8. The molecule has 6 nitrogen and oxygen atoms in total. The zero-order chi connectivity index (χ0) is 21.4. The van der Waals surface area contributed by atoms with E-state index in [0.717, 1.165) is 17.7 Å². The first kappa shape index (κ1) is 22.3. The van der Waals surface area contributed by atoms with E-state index in [9.17, 15) is 4.79 Å². The number of aryl methyl sites for hydroxylation is 1. The van der Waals surface area contributed by atoms with Crippen LogP contribution in [0.4, 0.5) is 5.69 Å². The molecule has 0 heterocycles. The van der Waals surface area contributed by atoms with E-state index in [-0.39, 0.29) is 25.6 Å². The molecule has 0 unspecified atom stereocenters. The van der Waals surface area contributed by atoms with Crippen molar-refractivity contribution in [3.8, 4) is 5.75 Å². The molecule has 2 rings (SSSR count). The normalized spacial score (nSPS) is 10.3. The van der Waals surface area contributed by atoms with E-state index in [2.05, 4.69) is 18.8 Å². The quantitative estimate of drug-likeness (QED) is 0.235. The minimum atomic E-state index is -0.411. The maximum Gasteiger partial charge on any atom is 0.312 e. The van der Waals surface area contributed by atoms with E-state index >= 15 is 0 Å². The fourth-order valence-corrected chi connectivity index (χ4v) is 2.88. The topological polar surface area (TPSA) is 97.4 Å². The van der Waals surface area contributed by atoms with Gasteiger partial charge in [0, 0.05) is 27.4 Å². The van der Waals surface area contributed by atoms with Crippen LogP contribution in [0.5, 0.6) is 5.75 Å². The molecule has 0 amide bonds. The Kier molecular flexibility index (Phi) is 8.09. The molecule has 29 heavy (non-hydrogen) atoms. The van der Waals surface area contributed by atoms with Crippen molar-refractivity contribution in [1.82, 2.24) is 0 Å². The Balaban J connectivity index is 2.04. The lowest BCUT2D eigenvalue weighted by atomic mass is 10.00. The van der Waals surface area contributed by atoms with Crippen molar-refractivity contribution < 1.29 is 14.3 Å². The molecule has 2 aromatic carbocycles. The molecule has 1 radical (unpaired) electrons. The number of ether oxygens (including phenoxy) is 2. The first-order valence-corrected chi connectivity index (χ1v) is 9.50. The van der Waals surface area contributed by atoms with Gasteiger partial charge in [-0.15, -0.1) is 0 Å². The molecular formula is C22H25ClN3O3. The van der Waals surface area contributed by atoms with E-state index in [0.29, 0.717) is 27.5 Å². The van der Waals surface area contributed by atoms with Crippen molar-refractivity contribution in [2.24, 2.45) is 5.73 Å². The van der Waals surface area contributed by atoms with Gasteiger partial charge in [0.2, 0.25) is 0 Å². The van der Waals surface area contributed by atoms with Gasteiger partial charge in [-0.3, -0.25) is 10.2 Å². The molecule has 0 saturated carbocycles. The summed E-state index contributed by atoms with van der Waals surface area (Å²) in [4.78, 5) is 12.3. The van der Waals surface area contributed by atoms with Gasteiger partial charge in [-0.25, -0.2) is 0 Å². The molecule has 0 atom stereocenters. The van der Waals surface area contributed by atoms with E-state index in [1.54, 1.807) is 24.3 Å². The van der Waals surface area contributed by atoms with Gasteiger partial charge in [-0.05, 0) is 49.2 Å². The smallest absolute Gasteiger partial charge is 0.312 e. The Hall–Kier alpha value is -2.99. The van der Waals surface area contributed by atoms with E-state index in [1.807, 2.05) is 19.1 Å². The Morgan fingerprint density at radius 2 is 1.97 bits per heavy atom. The summed E-state index contributed by atoms with van der Waals surface area (Å²) in [6.45, 7) is 9.70. The molecule has 2 aromatic rings. The van der Waals surface area contributed by atoms with E-state index in [4.69, 9.17) is 32.2 Å². The van der Waals surface area contributed by atoms with Crippen molar-refractivity contribution in [3.63, 3.8) is 0 Å². The summed E-state index contributed by atoms with van der Waals surface area (Å²) < 4.78 is 10.9. The number of nitrogens with two attached hydrogens (primary N) is 1. The van der Waals surface area contributed by atoms with Crippen molar-refractivity contribution in [3.05, 3.63) is 72.2 Å². The molecule has 0 fully saturated rings. The van der Waals surface area contributed by atoms with Crippen molar-refractivity contribution in [1.29, 1.82) is 5.41 Å². The first-order valence-electron chi connectivity index (χ1n) is 9.12. The van der Waals surface area contributed by atoms with Gasteiger partial charge in [-0.2, -0.15) is 0 Å². The molecule has 0 saturated heterocycles. The van der Waals surface area contributed by atoms with Crippen LogP contribution in [0.2, 0.25) is 0 Å². The Morgan fingerprint density at radius 1 is 1.28 bits per heavy atom. The second-order valence-electron chi connectivity index (χ2n) is 6.24. The van der Waals surface area contributed by atoms with Gasteiger partial charge in [0.1, 0.15) is 11.6 Å². The highest BCUT2D eigenvalue weighted by molar-refractivity contribution is 6.48. The molecule has 0 aliphatic heterocycles. The second-order valence-corrected chi connectivity index (χ2v) is 6.70. The van der Waals surface area contributed by atoms with Gasteiger partial charge >= 0.3 is 5.97 Å². The molecule has 0 bridgehead atoms. The average molecular weight is 415 g/mol. The highest BCUT2D eigenvalue weighted by atomic mass is 35.5. The SMILES string of the molecule is [CH2]COc1c(CC(=O)OCNc2ccc(C(=N)N)cc2)cc(CC)cc1C(=C)Cl. The summed E-state index contributed by atoms with van der Waals surface area (Å²) >= 11 is 6.12. The lowest BCUT2D eigenvalue weighted by molar-refractivity contribution is -0.142. The number of halogens is 1. The fraction of sp³-hybridized carbons (Fsp3) is 0.227. The number of carbonyl (C=O) groups excluding carboxylic acids is 1. The van der Waals surface area contributed by atoms with Crippen LogP contribution in [0.25, 0.3) is 5.03 Å². The third-order valence-electron chi connectivity index (χ3n) is 4.21. The molecule has 0 spiro atoms. The molecular weight excluding hydrogens is 390 g/mol. The van der Waals surface area contributed by atoms with Crippen molar-refractivity contribution in [2.75, 3.05) is 18.7 Å². The van der Waals surface area contributed by atoms with Crippen molar-refractivity contribution in [2.45, 2.75) is 19.8 Å². The number of nitrogen functional groups attached to an aromatic ring is 1. The highest BCUT2D eigenvalue weighted by Gasteiger charge is 2.17. The van der Waals surface area contributed by atoms with E-state index in [1.165, 1.54) is 0 Å². The summed E-state index contributed by atoms with van der Waals surface area (Å²) in [7, 11) is 0. The number of benzene rings is 2. The van der Waals surface area contributed by atoms with Crippen LogP contribution in [0, 0.1) is 12.3 Å². The van der Waals surface area contributed by atoms with Crippen LogP contribution in [0.1, 0.15) is 29.2 Å². The van der Waals surface area contributed by atoms with Gasteiger partial charge in [0.05, 0.1) is 13.0 Å². The minimum absolute atomic E-state index is 0.00316. The van der Waals surface area contributed by atoms with Crippen LogP contribution >= 0.6 is 11.6 Å². The van der Waals surface area contributed by atoms with Gasteiger partial charge in [0.25, 0.3) is 0 Å². The zero-order valence-electron chi connectivity index (χ0n) is 16.4.